The second kappa shape index (κ2) is 3.85. The highest BCUT2D eigenvalue weighted by Crippen LogP contribution is 1.99. The molecule has 1 rings (SSSR count). The van der Waals surface area contributed by atoms with Gasteiger partial charge in [-0.25, -0.2) is 0 Å². The zero-order chi connectivity index (χ0) is 8.27. The summed E-state index contributed by atoms with van der Waals surface area (Å²) in [6.07, 6.45) is 1.83. The molecule has 0 amide bonds. The number of nitrogens with zero attached hydrogens (tertiary/aromatic N) is 2. The van der Waals surface area contributed by atoms with Gasteiger partial charge in [-0.3, -0.25) is 10.1 Å². The number of aryl methyl sites for hydroxylation is 2. The maximum atomic E-state index is 5.21. The van der Waals surface area contributed by atoms with E-state index in [0.717, 1.165) is 27.4 Å². The van der Waals surface area contributed by atoms with Crippen LogP contribution in [0.5, 0.6) is 0 Å². The Labute approximate surface area is 73.7 Å². The number of nitrogens with two attached hydrogens (primary N) is 1. The molecule has 60 valence electrons. The van der Waals surface area contributed by atoms with Crippen molar-refractivity contribution in [2.45, 2.75) is 13.8 Å². The molecule has 0 spiro atoms. The van der Waals surface area contributed by atoms with Gasteiger partial charge in [-0.05, 0) is 13.8 Å². The van der Waals surface area contributed by atoms with E-state index in [2.05, 4.69) is 9.38 Å². The van der Waals surface area contributed by atoms with Crippen LogP contribution in [0.3, 0.4) is 0 Å². The first-order valence-electron chi connectivity index (χ1n) is 3.07. The molecule has 0 radical (unpaired) electrons. The van der Waals surface area contributed by atoms with Crippen molar-refractivity contribution in [3.05, 3.63) is 21.4 Å². The SMILES string of the molecule is Cc1cnc(C)/c(=N/SN)s1. The summed E-state index contributed by atoms with van der Waals surface area (Å²) >= 11 is 2.57. The molecule has 1 heterocycles. The molecule has 0 bridgehead atoms. The number of hydrogen-bond acceptors (Lipinski definition) is 5. The fourth-order valence-electron chi connectivity index (χ4n) is 0.628. The van der Waals surface area contributed by atoms with Crippen LogP contribution in [0.25, 0.3) is 0 Å². The van der Waals surface area contributed by atoms with Gasteiger partial charge in [0.1, 0.15) is 4.67 Å². The zero-order valence-electron chi connectivity index (χ0n) is 6.37. The van der Waals surface area contributed by atoms with Gasteiger partial charge in [0.15, 0.2) is 0 Å². The molecule has 0 saturated carbocycles. The van der Waals surface area contributed by atoms with Gasteiger partial charge in [0.25, 0.3) is 0 Å². The summed E-state index contributed by atoms with van der Waals surface area (Å²) < 4.78 is 4.92. The van der Waals surface area contributed by atoms with E-state index in [-0.39, 0.29) is 0 Å². The van der Waals surface area contributed by atoms with Crippen molar-refractivity contribution in [2.24, 2.45) is 9.54 Å². The molecule has 5 heteroatoms. The van der Waals surface area contributed by atoms with Crippen LogP contribution in [-0.2, 0) is 0 Å². The molecule has 1 aromatic rings. The molecule has 0 unspecified atom stereocenters. The lowest BCUT2D eigenvalue weighted by molar-refractivity contribution is 1.17. The van der Waals surface area contributed by atoms with E-state index < -0.39 is 0 Å². The molecular weight excluding hydrogens is 178 g/mol. The van der Waals surface area contributed by atoms with Crippen molar-refractivity contribution in [2.75, 3.05) is 0 Å². The summed E-state index contributed by atoms with van der Waals surface area (Å²) in [4.78, 5) is 5.29. The Kier molecular flexibility index (Phi) is 3.04. The van der Waals surface area contributed by atoms with Crippen LogP contribution in [0, 0.1) is 13.8 Å². The fraction of sp³-hybridized carbons (Fsp3) is 0.333. The first-order valence-corrected chi connectivity index (χ1v) is 4.72. The molecule has 11 heavy (non-hydrogen) atoms. The Balaban J connectivity index is 3.24. The minimum Gasteiger partial charge on any atom is -0.258 e. The van der Waals surface area contributed by atoms with E-state index in [1.165, 1.54) is 0 Å². The Hall–Kier alpha value is -0.390. The normalized spacial score (nSPS) is 12.1. The third-order valence-corrected chi connectivity index (χ3v) is 2.55. The van der Waals surface area contributed by atoms with Crippen molar-refractivity contribution >= 4 is 23.5 Å². The first-order chi connectivity index (χ1) is 5.24. The third kappa shape index (κ3) is 2.28. The topological polar surface area (TPSA) is 51.3 Å². The molecular formula is C6H9N3S2. The van der Waals surface area contributed by atoms with Crippen LogP contribution in [0.4, 0.5) is 0 Å². The van der Waals surface area contributed by atoms with Gasteiger partial charge < -0.3 is 0 Å². The van der Waals surface area contributed by atoms with Gasteiger partial charge in [0.2, 0.25) is 0 Å². The van der Waals surface area contributed by atoms with E-state index in [1.54, 1.807) is 11.3 Å². The van der Waals surface area contributed by atoms with E-state index in [1.807, 2.05) is 20.0 Å². The highest BCUT2D eigenvalue weighted by Gasteiger charge is 1.92. The largest absolute Gasteiger partial charge is 0.258 e. The second-order valence-corrected chi connectivity index (χ2v) is 3.69. The van der Waals surface area contributed by atoms with Gasteiger partial charge in [-0.15, -0.1) is 11.3 Å². The number of aromatic nitrogens is 1. The van der Waals surface area contributed by atoms with Crippen LogP contribution >= 0.6 is 23.5 Å². The van der Waals surface area contributed by atoms with Crippen molar-refractivity contribution < 1.29 is 0 Å². The lowest BCUT2D eigenvalue weighted by Gasteiger charge is -1.92. The summed E-state index contributed by atoms with van der Waals surface area (Å²) in [5.74, 6) is 0. The molecule has 3 nitrogen and oxygen atoms in total. The number of hydrogen-bond donors (Lipinski definition) is 1. The molecule has 1 aromatic heterocycles. The van der Waals surface area contributed by atoms with Crippen molar-refractivity contribution in [3.63, 3.8) is 0 Å². The predicted octanol–water partition coefficient (Wildman–Crippen LogP) is 1.18. The Bertz CT molecular complexity index is 305. The minimum atomic E-state index is 0.900. The predicted molar refractivity (Wildman–Crippen MR) is 48.9 cm³/mol. The summed E-state index contributed by atoms with van der Waals surface area (Å²) in [5.41, 5.74) is 0.929. The van der Waals surface area contributed by atoms with Crippen molar-refractivity contribution in [1.29, 1.82) is 0 Å². The van der Waals surface area contributed by atoms with Gasteiger partial charge in [-0.2, -0.15) is 4.40 Å². The molecule has 0 aliphatic rings. The molecule has 0 saturated heterocycles. The molecule has 2 N–H and O–H groups in total. The Morgan fingerprint density at radius 2 is 2.36 bits per heavy atom. The van der Waals surface area contributed by atoms with E-state index in [0.29, 0.717) is 0 Å². The average molecular weight is 187 g/mol. The molecule has 0 aliphatic carbocycles. The zero-order valence-corrected chi connectivity index (χ0v) is 8.00. The summed E-state index contributed by atoms with van der Waals surface area (Å²) in [5, 5.41) is 5.21. The highest BCUT2D eigenvalue weighted by molar-refractivity contribution is 7.95. The third-order valence-electron chi connectivity index (χ3n) is 1.14. The molecule has 0 atom stereocenters. The summed E-state index contributed by atoms with van der Waals surface area (Å²) in [6, 6.07) is 0. The molecule has 0 aromatic carbocycles. The maximum absolute atomic E-state index is 5.21. The standard InChI is InChI=1S/C6H9N3S2/c1-4-3-8-5(2)6(10-4)9-11-7/h3H,7H2,1-2H3/b9-6-. The minimum absolute atomic E-state index is 0.900. The summed E-state index contributed by atoms with van der Waals surface area (Å²) in [6.45, 7) is 3.92. The van der Waals surface area contributed by atoms with Crippen molar-refractivity contribution in [3.8, 4) is 0 Å². The smallest absolute Gasteiger partial charge is 0.147 e. The first kappa shape index (κ1) is 8.70. The van der Waals surface area contributed by atoms with E-state index in [4.69, 9.17) is 5.14 Å². The highest BCUT2D eigenvalue weighted by atomic mass is 32.2. The maximum Gasteiger partial charge on any atom is 0.147 e. The van der Waals surface area contributed by atoms with Gasteiger partial charge in [-0.1, -0.05) is 0 Å². The van der Waals surface area contributed by atoms with E-state index in [9.17, 15) is 0 Å². The fourth-order valence-corrected chi connectivity index (χ4v) is 1.75. The Morgan fingerprint density at radius 3 is 3.00 bits per heavy atom. The molecule has 0 aliphatic heterocycles. The van der Waals surface area contributed by atoms with Crippen molar-refractivity contribution in [1.82, 2.24) is 4.98 Å². The quantitative estimate of drug-likeness (QED) is 0.672. The lowest BCUT2D eigenvalue weighted by atomic mass is 10.5. The Morgan fingerprint density at radius 1 is 1.64 bits per heavy atom. The van der Waals surface area contributed by atoms with Crippen LogP contribution in [-0.4, -0.2) is 4.98 Å². The van der Waals surface area contributed by atoms with Gasteiger partial charge in [0.05, 0.1) is 17.8 Å². The second-order valence-electron chi connectivity index (χ2n) is 2.06. The lowest BCUT2D eigenvalue weighted by Crippen LogP contribution is -2.04. The molecule has 0 fully saturated rings. The van der Waals surface area contributed by atoms with E-state index >= 15 is 0 Å². The summed E-state index contributed by atoms with van der Waals surface area (Å²) in [7, 11) is 0. The van der Waals surface area contributed by atoms with Crippen LogP contribution in [0.15, 0.2) is 10.6 Å². The van der Waals surface area contributed by atoms with Crippen LogP contribution in [0.1, 0.15) is 10.6 Å². The average Bonchev–Trinajstić information content (AvgIpc) is 1.98. The monoisotopic (exact) mass is 187 g/mol. The van der Waals surface area contributed by atoms with Crippen LogP contribution < -0.4 is 9.81 Å². The number of rotatable bonds is 1. The van der Waals surface area contributed by atoms with Gasteiger partial charge >= 0.3 is 0 Å². The van der Waals surface area contributed by atoms with Crippen LogP contribution in [0.2, 0.25) is 0 Å². The van der Waals surface area contributed by atoms with Gasteiger partial charge in [0, 0.05) is 11.1 Å².